The van der Waals surface area contributed by atoms with Crippen LogP contribution in [0.15, 0.2) is 29.6 Å². The molecule has 1 fully saturated rings. The Labute approximate surface area is 126 Å². The minimum absolute atomic E-state index is 0.0541. The van der Waals surface area contributed by atoms with Crippen LogP contribution in [-0.4, -0.2) is 49.7 Å². The molecule has 2 N–H and O–H groups in total. The van der Waals surface area contributed by atoms with E-state index in [0.717, 1.165) is 10.1 Å². The fraction of sp³-hybridized carbons (Fsp3) is 0.308. The molecule has 0 radical (unpaired) electrons. The summed E-state index contributed by atoms with van der Waals surface area (Å²) in [6.07, 6.45) is 0. The van der Waals surface area contributed by atoms with E-state index in [0.29, 0.717) is 18.7 Å². The Kier molecular flexibility index (Phi) is 3.70. The Morgan fingerprint density at radius 3 is 2.48 bits per heavy atom. The normalized spacial score (nSPS) is 17.3. The quantitative estimate of drug-likeness (QED) is 0.889. The van der Waals surface area contributed by atoms with Gasteiger partial charge in [0.2, 0.25) is 0 Å². The average molecular weight is 325 g/mol. The molecule has 0 saturated carbocycles. The van der Waals surface area contributed by atoms with Gasteiger partial charge in [0, 0.05) is 41.6 Å². The number of carbonyl (C=O) groups excluding carboxylic acids is 1. The highest BCUT2D eigenvalue weighted by molar-refractivity contribution is 7.86. The van der Waals surface area contributed by atoms with Gasteiger partial charge in [-0.2, -0.15) is 12.7 Å². The molecule has 2 heterocycles. The molecule has 1 aliphatic rings. The first kappa shape index (κ1) is 14.5. The molecule has 2 aromatic rings. The molecule has 6 nitrogen and oxygen atoms in total. The van der Waals surface area contributed by atoms with Crippen LogP contribution >= 0.6 is 11.3 Å². The minimum atomic E-state index is -3.67. The van der Waals surface area contributed by atoms with E-state index in [-0.39, 0.29) is 19.0 Å². The SMILES string of the molecule is NS(=O)(=O)N1CCN(C(=O)c2csc3ccccc23)CC1. The Bertz CT molecular complexity index is 777. The predicted octanol–water partition coefficient (Wildman–Crippen LogP) is 0.863. The van der Waals surface area contributed by atoms with Crippen molar-refractivity contribution < 1.29 is 13.2 Å². The molecule has 1 aromatic carbocycles. The van der Waals surface area contributed by atoms with E-state index in [9.17, 15) is 13.2 Å². The smallest absolute Gasteiger partial charge is 0.277 e. The summed E-state index contributed by atoms with van der Waals surface area (Å²) in [4.78, 5) is 14.2. The van der Waals surface area contributed by atoms with Crippen molar-refractivity contribution >= 4 is 37.5 Å². The topological polar surface area (TPSA) is 83.7 Å². The third kappa shape index (κ3) is 2.80. The molecule has 1 aromatic heterocycles. The van der Waals surface area contributed by atoms with E-state index in [1.807, 2.05) is 29.6 Å². The van der Waals surface area contributed by atoms with Crippen LogP contribution in [-0.2, 0) is 10.2 Å². The zero-order valence-corrected chi connectivity index (χ0v) is 12.9. The van der Waals surface area contributed by atoms with Crippen LogP contribution in [0.5, 0.6) is 0 Å². The van der Waals surface area contributed by atoms with Crippen molar-refractivity contribution in [2.75, 3.05) is 26.2 Å². The number of benzene rings is 1. The highest BCUT2D eigenvalue weighted by atomic mass is 32.2. The molecule has 0 spiro atoms. The maximum absolute atomic E-state index is 12.6. The van der Waals surface area contributed by atoms with E-state index < -0.39 is 10.2 Å². The van der Waals surface area contributed by atoms with Gasteiger partial charge in [0.25, 0.3) is 16.1 Å². The van der Waals surface area contributed by atoms with Crippen molar-refractivity contribution in [3.05, 3.63) is 35.2 Å². The molecule has 0 bridgehead atoms. The Hall–Kier alpha value is -1.48. The van der Waals surface area contributed by atoms with Crippen molar-refractivity contribution in [1.29, 1.82) is 0 Å². The first-order valence-electron chi connectivity index (χ1n) is 6.50. The zero-order chi connectivity index (χ0) is 15.0. The summed E-state index contributed by atoms with van der Waals surface area (Å²) in [6, 6.07) is 7.76. The predicted molar refractivity (Wildman–Crippen MR) is 82.4 cm³/mol. The van der Waals surface area contributed by atoms with Crippen LogP contribution in [0.1, 0.15) is 10.4 Å². The van der Waals surface area contributed by atoms with Crippen LogP contribution in [0.4, 0.5) is 0 Å². The fourth-order valence-electron chi connectivity index (χ4n) is 2.46. The number of hydrogen-bond donors (Lipinski definition) is 1. The second-order valence-electron chi connectivity index (χ2n) is 4.88. The summed E-state index contributed by atoms with van der Waals surface area (Å²) >= 11 is 1.54. The van der Waals surface area contributed by atoms with E-state index >= 15 is 0 Å². The summed E-state index contributed by atoms with van der Waals surface area (Å²) in [5.74, 6) is -0.0541. The van der Waals surface area contributed by atoms with Gasteiger partial charge in [-0.05, 0) is 6.07 Å². The number of nitrogens with zero attached hydrogens (tertiary/aromatic N) is 2. The Balaban J connectivity index is 1.78. The molecule has 1 saturated heterocycles. The van der Waals surface area contributed by atoms with Crippen LogP contribution < -0.4 is 5.14 Å². The summed E-state index contributed by atoms with van der Waals surface area (Å²) in [7, 11) is -3.67. The van der Waals surface area contributed by atoms with Gasteiger partial charge in [-0.15, -0.1) is 11.3 Å². The second-order valence-corrected chi connectivity index (χ2v) is 7.34. The monoisotopic (exact) mass is 325 g/mol. The van der Waals surface area contributed by atoms with Crippen molar-refractivity contribution in [1.82, 2.24) is 9.21 Å². The van der Waals surface area contributed by atoms with Gasteiger partial charge in [-0.1, -0.05) is 18.2 Å². The lowest BCUT2D eigenvalue weighted by Crippen LogP contribution is -2.52. The van der Waals surface area contributed by atoms with Crippen molar-refractivity contribution in [2.45, 2.75) is 0 Å². The zero-order valence-electron chi connectivity index (χ0n) is 11.2. The van der Waals surface area contributed by atoms with Gasteiger partial charge in [0.05, 0.1) is 5.56 Å². The number of fused-ring (bicyclic) bond motifs is 1. The molecule has 8 heteroatoms. The molecule has 1 amide bonds. The number of rotatable bonds is 2. The Morgan fingerprint density at radius 2 is 1.81 bits per heavy atom. The maximum atomic E-state index is 12.6. The van der Waals surface area contributed by atoms with Crippen molar-refractivity contribution in [2.24, 2.45) is 5.14 Å². The third-order valence-corrected chi connectivity index (χ3v) is 5.65. The van der Waals surface area contributed by atoms with Crippen molar-refractivity contribution in [3.8, 4) is 0 Å². The Morgan fingerprint density at radius 1 is 1.14 bits per heavy atom. The van der Waals surface area contributed by atoms with Gasteiger partial charge in [-0.3, -0.25) is 4.79 Å². The van der Waals surface area contributed by atoms with Gasteiger partial charge < -0.3 is 4.90 Å². The van der Waals surface area contributed by atoms with Gasteiger partial charge in [-0.25, -0.2) is 5.14 Å². The van der Waals surface area contributed by atoms with Crippen LogP contribution in [0, 0.1) is 0 Å². The highest BCUT2D eigenvalue weighted by Crippen LogP contribution is 2.27. The lowest BCUT2D eigenvalue weighted by atomic mass is 10.1. The standard InChI is InChI=1S/C13H15N3O3S2/c14-21(18,19)16-7-5-15(6-8-16)13(17)11-9-20-12-4-2-1-3-10(11)12/h1-4,9H,5-8H2,(H2,14,18,19). The molecular formula is C13H15N3O3S2. The molecule has 0 aliphatic carbocycles. The fourth-order valence-corrected chi connectivity index (χ4v) is 4.07. The van der Waals surface area contributed by atoms with E-state index in [1.165, 1.54) is 15.6 Å². The number of amides is 1. The largest absolute Gasteiger partial charge is 0.336 e. The first-order chi connectivity index (χ1) is 9.97. The molecule has 0 unspecified atom stereocenters. The van der Waals surface area contributed by atoms with Crippen molar-refractivity contribution in [3.63, 3.8) is 0 Å². The molecular weight excluding hydrogens is 310 g/mol. The average Bonchev–Trinajstić information content (AvgIpc) is 2.90. The maximum Gasteiger partial charge on any atom is 0.277 e. The lowest BCUT2D eigenvalue weighted by molar-refractivity contribution is 0.0700. The number of hydrogen-bond acceptors (Lipinski definition) is 4. The molecule has 1 aliphatic heterocycles. The van der Waals surface area contributed by atoms with Gasteiger partial charge >= 0.3 is 0 Å². The summed E-state index contributed by atoms with van der Waals surface area (Å²) in [5, 5.41) is 7.90. The summed E-state index contributed by atoms with van der Waals surface area (Å²) in [6.45, 7) is 1.21. The molecule has 21 heavy (non-hydrogen) atoms. The summed E-state index contributed by atoms with van der Waals surface area (Å²) < 4.78 is 24.8. The van der Waals surface area contributed by atoms with E-state index in [2.05, 4.69) is 0 Å². The number of nitrogens with two attached hydrogens (primary N) is 1. The molecule has 112 valence electrons. The molecule has 3 rings (SSSR count). The van der Waals surface area contributed by atoms with Gasteiger partial charge in [0.1, 0.15) is 0 Å². The van der Waals surface area contributed by atoms with Crippen LogP contribution in [0.2, 0.25) is 0 Å². The summed E-state index contributed by atoms with van der Waals surface area (Å²) in [5.41, 5.74) is 0.680. The third-order valence-electron chi connectivity index (χ3n) is 3.60. The lowest BCUT2D eigenvalue weighted by Gasteiger charge is -2.32. The van der Waals surface area contributed by atoms with Crippen LogP contribution in [0.3, 0.4) is 0 Å². The second kappa shape index (κ2) is 5.38. The highest BCUT2D eigenvalue weighted by Gasteiger charge is 2.27. The van der Waals surface area contributed by atoms with E-state index in [1.54, 1.807) is 4.90 Å². The minimum Gasteiger partial charge on any atom is -0.336 e. The number of carbonyl (C=O) groups is 1. The van der Waals surface area contributed by atoms with Gasteiger partial charge in [0.15, 0.2) is 0 Å². The number of piperazine rings is 1. The first-order valence-corrected chi connectivity index (χ1v) is 8.88. The number of thiophene rings is 1. The van der Waals surface area contributed by atoms with Crippen LogP contribution in [0.25, 0.3) is 10.1 Å². The molecule has 0 atom stereocenters. The van der Waals surface area contributed by atoms with E-state index in [4.69, 9.17) is 5.14 Å².